The van der Waals surface area contributed by atoms with Crippen LogP contribution >= 0.6 is 0 Å². The number of hydrogen-bond donors (Lipinski definition) is 1. The quantitative estimate of drug-likeness (QED) is 0.488. The molecule has 0 spiro atoms. The minimum absolute atomic E-state index is 0.163. The highest BCUT2D eigenvalue weighted by atomic mass is 19.3. The SMILES string of the molecule is Cc1c2c(nn1C)C(=O)N(c1ccc3nc[nH]c3c1)C2c1ccc(N2CCC(F)(F)C2)cc1F. The Morgan fingerprint density at radius 2 is 1.94 bits per heavy atom. The Labute approximate surface area is 192 Å². The molecule has 1 N–H and O–H groups in total. The molecular weight excluding hydrogens is 445 g/mol. The standard InChI is InChI=1S/C24H21F3N6O/c1-13-20-21(30-31(13)2)23(34)33(15-4-6-18-19(10-15)29-12-28-18)22(20)16-5-3-14(9-17(16)25)32-8-7-24(26,27)11-32/h3-6,9-10,12,22H,7-8,11H2,1-2H3,(H,28,29). The van der Waals surface area contributed by atoms with Crippen LogP contribution in [-0.4, -0.2) is 44.7 Å². The summed E-state index contributed by atoms with van der Waals surface area (Å²) in [7, 11) is 1.74. The molecule has 174 valence electrons. The largest absolute Gasteiger partial charge is 0.365 e. The second kappa shape index (κ2) is 7.09. The van der Waals surface area contributed by atoms with Gasteiger partial charge in [0, 0.05) is 48.2 Å². The summed E-state index contributed by atoms with van der Waals surface area (Å²) >= 11 is 0. The van der Waals surface area contributed by atoms with Gasteiger partial charge in [-0.3, -0.25) is 14.4 Å². The van der Waals surface area contributed by atoms with Gasteiger partial charge in [-0.2, -0.15) is 5.10 Å². The van der Waals surface area contributed by atoms with E-state index in [2.05, 4.69) is 15.1 Å². The van der Waals surface area contributed by atoms with Gasteiger partial charge in [0.05, 0.1) is 29.9 Å². The number of nitrogens with zero attached hydrogens (tertiary/aromatic N) is 5. The number of benzene rings is 2. The average Bonchev–Trinajstić information content (AvgIpc) is 3.54. The smallest absolute Gasteiger partial charge is 0.280 e. The molecule has 0 bridgehead atoms. The molecular formula is C24H21F3N6O. The molecule has 34 heavy (non-hydrogen) atoms. The number of rotatable bonds is 3. The molecule has 1 atom stereocenters. The number of carbonyl (C=O) groups is 1. The highest BCUT2D eigenvalue weighted by Crippen LogP contribution is 2.44. The molecule has 7 nitrogen and oxygen atoms in total. The van der Waals surface area contributed by atoms with Crippen molar-refractivity contribution < 1.29 is 18.0 Å². The first-order chi connectivity index (χ1) is 16.2. The van der Waals surface area contributed by atoms with Crippen molar-refractivity contribution in [1.82, 2.24) is 19.7 Å². The minimum atomic E-state index is -2.78. The molecule has 1 saturated heterocycles. The molecule has 1 fully saturated rings. The van der Waals surface area contributed by atoms with Crippen LogP contribution in [0.1, 0.15) is 39.8 Å². The number of nitrogens with one attached hydrogen (secondary N) is 1. The summed E-state index contributed by atoms with van der Waals surface area (Å²) in [5.74, 6) is -3.67. The van der Waals surface area contributed by atoms with Gasteiger partial charge in [0.1, 0.15) is 5.82 Å². The van der Waals surface area contributed by atoms with E-state index in [1.54, 1.807) is 48.4 Å². The molecule has 2 aromatic heterocycles. The van der Waals surface area contributed by atoms with Gasteiger partial charge in [-0.05, 0) is 37.3 Å². The number of anilines is 2. The maximum atomic E-state index is 15.6. The molecule has 4 aromatic rings. The number of fused-ring (bicyclic) bond motifs is 2. The first-order valence-corrected chi connectivity index (χ1v) is 11.0. The van der Waals surface area contributed by atoms with Crippen LogP contribution < -0.4 is 9.80 Å². The van der Waals surface area contributed by atoms with Gasteiger partial charge in [-0.25, -0.2) is 18.2 Å². The van der Waals surface area contributed by atoms with Crippen molar-refractivity contribution in [3.63, 3.8) is 0 Å². The predicted molar refractivity (Wildman–Crippen MR) is 121 cm³/mol. The number of alkyl halides is 2. The van der Waals surface area contributed by atoms with Crippen LogP contribution in [0.2, 0.25) is 0 Å². The fraction of sp³-hybridized carbons (Fsp3) is 0.292. The lowest BCUT2D eigenvalue weighted by Gasteiger charge is -2.28. The zero-order chi connectivity index (χ0) is 23.8. The number of carbonyl (C=O) groups excluding carboxylic acids is 1. The molecule has 2 aliphatic heterocycles. The first kappa shape index (κ1) is 20.8. The van der Waals surface area contributed by atoms with Crippen LogP contribution in [0.15, 0.2) is 42.7 Å². The van der Waals surface area contributed by atoms with Gasteiger partial charge in [-0.1, -0.05) is 6.07 Å². The summed E-state index contributed by atoms with van der Waals surface area (Å²) < 4.78 is 44.6. The lowest BCUT2D eigenvalue weighted by molar-refractivity contribution is 0.0257. The summed E-state index contributed by atoms with van der Waals surface area (Å²) in [6.45, 7) is 1.57. The summed E-state index contributed by atoms with van der Waals surface area (Å²) in [5, 5.41) is 4.39. The number of H-pyrrole nitrogens is 1. The Morgan fingerprint density at radius 3 is 2.68 bits per heavy atom. The number of aryl methyl sites for hydroxylation is 1. The number of imidazole rings is 1. The van der Waals surface area contributed by atoms with Crippen LogP contribution in [0.4, 0.5) is 24.5 Å². The van der Waals surface area contributed by atoms with E-state index >= 15 is 4.39 Å². The third-order valence-electron chi connectivity index (χ3n) is 6.83. The van der Waals surface area contributed by atoms with Crippen molar-refractivity contribution in [2.24, 2.45) is 7.05 Å². The third-order valence-corrected chi connectivity index (χ3v) is 6.83. The normalized spacial score (nSPS) is 19.4. The van der Waals surface area contributed by atoms with E-state index in [0.29, 0.717) is 16.9 Å². The monoisotopic (exact) mass is 466 g/mol. The lowest BCUT2D eigenvalue weighted by atomic mass is 9.97. The van der Waals surface area contributed by atoms with E-state index in [0.717, 1.165) is 16.7 Å². The topological polar surface area (TPSA) is 70.0 Å². The zero-order valence-corrected chi connectivity index (χ0v) is 18.5. The van der Waals surface area contributed by atoms with E-state index in [1.807, 2.05) is 6.92 Å². The van der Waals surface area contributed by atoms with Crippen molar-refractivity contribution in [2.75, 3.05) is 22.9 Å². The molecule has 4 heterocycles. The van der Waals surface area contributed by atoms with Crippen LogP contribution in [0, 0.1) is 12.7 Å². The van der Waals surface area contributed by atoms with Crippen molar-refractivity contribution in [2.45, 2.75) is 25.3 Å². The van der Waals surface area contributed by atoms with Gasteiger partial charge in [0.25, 0.3) is 11.8 Å². The number of halogens is 3. The third kappa shape index (κ3) is 3.01. The number of amides is 1. The molecule has 1 amide bonds. The fourth-order valence-corrected chi connectivity index (χ4v) is 5.00. The fourth-order valence-electron chi connectivity index (χ4n) is 5.00. The Morgan fingerprint density at radius 1 is 1.15 bits per heavy atom. The summed E-state index contributed by atoms with van der Waals surface area (Å²) in [4.78, 5) is 23.8. The highest BCUT2D eigenvalue weighted by Gasteiger charge is 2.44. The Balaban J connectivity index is 1.47. The zero-order valence-electron chi connectivity index (χ0n) is 18.5. The van der Waals surface area contributed by atoms with Crippen LogP contribution in [-0.2, 0) is 7.05 Å². The summed E-state index contributed by atoms with van der Waals surface area (Å²) in [5.41, 5.74) is 4.41. The number of aromatic amines is 1. The van der Waals surface area contributed by atoms with Crippen molar-refractivity contribution in [3.8, 4) is 0 Å². The van der Waals surface area contributed by atoms with Gasteiger partial charge >= 0.3 is 0 Å². The van der Waals surface area contributed by atoms with Crippen LogP contribution in [0.25, 0.3) is 11.0 Å². The van der Waals surface area contributed by atoms with Crippen LogP contribution in [0.5, 0.6) is 0 Å². The minimum Gasteiger partial charge on any atom is -0.365 e. The maximum Gasteiger partial charge on any atom is 0.280 e. The molecule has 1 unspecified atom stereocenters. The average molecular weight is 466 g/mol. The molecule has 2 aromatic carbocycles. The van der Waals surface area contributed by atoms with Crippen molar-refractivity contribution >= 4 is 28.3 Å². The predicted octanol–water partition coefficient (Wildman–Crippen LogP) is 4.34. The summed E-state index contributed by atoms with van der Waals surface area (Å²) in [6, 6.07) is 9.13. The second-order valence-corrected chi connectivity index (χ2v) is 8.89. The van der Waals surface area contributed by atoms with Crippen LogP contribution in [0.3, 0.4) is 0 Å². The Hall–Kier alpha value is -3.82. The Bertz CT molecular complexity index is 1460. The Kier molecular flexibility index (Phi) is 4.33. The molecule has 10 heteroatoms. The maximum absolute atomic E-state index is 15.6. The van der Waals surface area contributed by atoms with E-state index in [1.165, 1.54) is 15.9 Å². The van der Waals surface area contributed by atoms with E-state index in [9.17, 15) is 13.6 Å². The molecule has 0 radical (unpaired) electrons. The van der Waals surface area contributed by atoms with Gasteiger partial charge in [0.2, 0.25) is 0 Å². The van der Waals surface area contributed by atoms with E-state index in [-0.39, 0.29) is 30.1 Å². The molecule has 2 aliphatic rings. The summed E-state index contributed by atoms with van der Waals surface area (Å²) in [6.07, 6.45) is 1.31. The highest BCUT2D eigenvalue weighted by molar-refractivity contribution is 6.11. The van der Waals surface area contributed by atoms with Gasteiger partial charge in [-0.15, -0.1) is 0 Å². The van der Waals surface area contributed by atoms with E-state index < -0.39 is 24.3 Å². The van der Waals surface area contributed by atoms with Gasteiger partial charge in [0.15, 0.2) is 5.69 Å². The molecule has 0 saturated carbocycles. The van der Waals surface area contributed by atoms with E-state index in [4.69, 9.17) is 0 Å². The molecule has 0 aliphatic carbocycles. The van der Waals surface area contributed by atoms with Crippen molar-refractivity contribution in [1.29, 1.82) is 0 Å². The number of aromatic nitrogens is 4. The second-order valence-electron chi connectivity index (χ2n) is 8.89. The lowest BCUT2D eigenvalue weighted by Crippen LogP contribution is -2.30. The molecule has 6 rings (SSSR count). The van der Waals surface area contributed by atoms with Gasteiger partial charge < -0.3 is 9.88 Å². The van der Waals surface area contributed by atoms with Crippen molar-refractivity contribution in [3.05, 3.63) is 71.1 Å². The number of hydrogen-bond acceptors (Lipinski definition) is 4. The first-order valence-electron chi connectivity index (χ1n) is 11.0.